The Kier molecular flexibility index (Phi) is 3.24. The number of amides is 1. The van der Waals surface area contributed by atoms with E-state index < -0.39 is 0 Å². The molecule has 4 heteroatoms. The van der Waals surface area contributed by atoms with Gasteiger partial charge in [-0.05, 0) is 25.7 Å². The van der Waals surface area contributed by atoms with E-state index in [1.54, 1.807) is 0 Å². The molecular formula is C11H18N2OS. The zero-order valence-electron chi connectivity index (χ0n) is 8.87. The summed E-state index contributed by atoms with van der Waals surface area (Å²) in [6, 6.07) is 0.204. The standard InChI is InChI=1S/C11H18N2OS/c12-10(15)8-5-2-6-9(8)13-11(14)7-3-1-4-7/h7-9H,1-6H2,(H2,12,15)(H,13,14). The number of carbonyl (C=O) groups excluding carboxylic acids is 1. The third-order valence-corrected chi connectivity index (χ3v) is 3.99. The van der Waals surface area contributed by atoms with Gasteiger partial charge in [0.05, 0.1) is 4.99 Å². The van der Waals surface area contributed by atoms with Gasteiger partial charge < -0.3 is 11.1 Å². The molecule has 2 fully saturated rings. The predicted molar refractivity (Wildman–Crippen MR) is 63.4 cm³/mol. The summed E-state index contributed by atoms with van der Waals surface area (Å²) in [6.07, 6.45) is 6.48. The Morgan fingerprint density at radius 2 is 1.87 bits per heavy atom. The van der Waals surface area contributed by atoms with E-state index in [0.29, 0.717) is 4.99 Å². The molecule has 2 saturated carbocycles. The third-order valence-electron chi connectivity index (χ3n) is 3.69. The Hall–Kier alpha value is -0.640. The van der Waals surface area contributed by atoms with Crippen LogP contribution in [0.4, 0.5) is 0 Å². The summed E-state index contributed by atoms with van der Waals surface area (Å²) in [6.45, 7) is 0. The summed E-state index contributed by atoms with van der Waals surface area (Å²) >= 11 is 5.02. The lowest BCUT2D eigenvalue weighted by atomic mass is 9.84. The Labute approximate surface area is 95.8 Å². The SMILES string of the molecule is NC(=S)C1CCCC1NC(=O)C1CCC1. The van der Waals surface area contributed by atoms with Crippen molar-refractivity contribution in [3.05, 3.63) is 0 Å². The normalized spacial score (nSPS) is 30.9. The number of carbonyl (C=O) groups is 1. The first-order valence-corrected chi connectivity index (χ1v) is 6.19. The molecule has 2 aliphatic carbocycles. The van der Waals surface area contributed by atoms with Gasteiger partial charge in [-0.15, -0.1) is 0 Å². The number of hydrogen-bond acceptors (Lipinski definition) is 2. The number of nitrogens with one attached hydrogen (secondary N) is 1. The molecule has 2 atom stereocenters. The molecule has 0 aromatic carbocycles. The van der Waals surface area contributed by atoms with E-state index in [0.717, 1.165) is 32.1 Å². The maximum Gasteiger partial charge on any atom is 0.223 e. The summed E-state index contributed by atoms with van der Waals surface area (Å²) in [4.78, 5) is 12.3. The molecular weight excluding hydrogens is 208 g/mol. The lowest BCUT2D eigenvalue weighted by Crippen LogP contribution is -2.45. The van der Waals surface area contributed by atoms with Gasteiger partial charge in [0.2, 0.25) is 5.91 Å². The smallest absolute Gasteiger partial charge is 0.223 e. The fourth-order valence-electron chi connectivity index (χ4n) is 2.44. The lowest BCUT2D eigenvalue weighted by molar-refractivity contribution is -0.128. The van der Waals surface area contributed by atoms with Crippen LogP contribution >= 0.6 is 12.2 Å². The van der Waals surface area contributed by atoms with Crippen LogP contribution in [0.25, 0.3) is 0 Å². The topological polar surface area (TPSA) is 55.1 Å². The number of hydrogen-bond donors (Lipinski definition) is 2. The van der Waals surface area contributed by atoms with Gasteiger partial charge in [0.25, 0.3) is 0 Å². The van der Waals surface area contributed by atoms with Crippen molar-refractivity contribution in [3.63, 3.8) is 0 Å². The van der Waals surface area contributed by atoms with Crippen LogP contribution in [0.1, 0.15) is 38.5 Å². The Balaban J connectivity index is 1.87. The average Bonchev–Trinajstić information content (AvgIpc) is 2.48. The van der Waals surface area contributed by atoms with Crippen molar-refractivity contribution in [1.82, 2.24) is 5.32 Å². The van der Waals surface area contributed by atoms with E-state index in [2.05, 4.69) is 5.32 Å². The monoisotopic (exact) mass is 226 g/mol. The predicted octanol–water partition coefficient (Wildman–Crippen LogP) is 1.36. The largest absolute Gasteiger partial charge is 0.393 e. The molecule has 0 saturated heterocycles. The molecule has 1 amide bonds. The summed E-state index contributed by atoms with van der Waals surface area (Å²) in [5.74, 6) is 0.705. The molecule has 84 valence electrons. The first kappa shape index (κ1) is 10.9. The van der Waals surface area contributed by atoms with Gasteiger partial charge in [-0.3, -0.25) is 4.79 Å². The van der Waals surface area contributed by atoms with Crippen molar-refractivity contribution in [2.75, 3.05) is 0 Å². The zero-order valence-corrected chi connectivity index (χ0v) is 9.69. The van der Waals surface area contributed by atoms with Crippen molar-refractivity contribution in [2.45, 2.75) is 44.6 Å². The van der Waals surface area contributed by atoms with Crippen LogP contribution in [-0.4, -0.2) is 16.9 Å². The molecule has 15 heavy (non-hydrogen) atoms. The zero-order chi connectivity index (χ0) is 10.8. The highest BCUT2D eigenvalue weighted by Crippen LogP contribution is 2.29. The molecule has 3 N–H and O–H groups in total. The van der Waals surface area contributed by atoms with Crippen LogP contribution in [0, 0.1) is 11.8 Å². The van der Waals surface area contributed by atoms with Crippen molar-refractivity contribution in [1.29, 1.82) is 0 Å². The molecule has 0 aromatic heterocycles. The van der Waals surface area contributed by atoms with Crippen molar-refractivity contribution in [2.24, 2.45) is 17.6 Å². The lowest BCUT2D eigenvalue weighted by Gasteiger charge is -2.28. The van der Waals surface area contributed by atoms with Crippen molar-refractivity contribution in [3.8, 4) is 0 Å². The van der Waals surface area contributed by atoms with Crippen LogP contribution in [0.15, 0.2) is 0 Å². The van der Waals surface area contributed by atoms with Crippen LogP contribution in [0.5, 0.6) is 0 Å². The van der Waals surface area contributed by atoms with Crippen molar-refractivity contribution >= 4 is 23.1 Å². The molecule has 0 bridgehead atoms. The molecule has 2 unspecified atom stereocenters. The van der Waals surface area contributed by atoms with Crippen LogP contribution in [-0.2, 0) is 4.79 Å². The molecule has 0 spiro atoms. The van der Waals surface area contributed by atoms with Gasteiger partial charge in [-0.1, -0.05) is 25.1 Å². The first-order chi connectivity index (χ1) is 7.18. The van der Waals surface area contributed by atoms with Gasteiger partial charge in [0.15, 0.2) is 0 Å². The second-order valence-corrected chi connectivity index (χ2v) is 5.15. The van der Waals surface area contributed by atoms with E-state index in [-0.39, 0.29) is 23.8 Å². The Morgan fingerprint density at radius 3 is 2.40 bits per heavy atom. The highest BCUT2D eigenvalue weighted by Gasteiger charge is 2.33. The quantitative estimate of drug-likeness (QED) is 0.714. The maximum atomic E-state index is 11.8. The number of rotatable bonds is 3. The van der Waals surface area contributed by atoms with Crippen LogP contribution < -0.4 is 11.1 Å². The molecule has 2 rings (SSSR count). The first-order valence-electron chi connectivity index (χ1n) is 5.78. The summed E-state index contributed by atoms with van der Waals surface area (Å²) < 4.78 is 0. The maximum absolute atomic E-state index is 11.8. The molecule has 2 aliphatic rings. The summed E-state index contributed by atoms with van der Waals surface area (Å²) in [5, 5.41) is 3.11. The molecule has 0 aliphatic heterocycles. The fraction of sp³-hybridized carbons (Fsp3) is 0.818. The molecule has 3 nitrogen and oxygen atoms in total. The van der Waals surface area contributed by atoms with E-state index in [9.17, 15) is 4.79 Å². The average molecular weight is 226 g/mol. The minimum absolute atomic E-state index is 0.204. The van der Waals surface area contributed by atoms with E-state index >= 15 is 0 Å². The highest BCUT2D eigenvalue weighted by atomic mass is 32.1. The van der Waals surface area contributed by atoms with Crippen molar-refractivity contribution < 1.29 is 4.79 Å². The molecule has 0 radical (unpaired) electrons. The number of nitrogens with two attached hydrogens (primary N) is 1. The summed E-state index contributed by atoms with van der Waals surface area (Å²) in [7, 11) is 0. The van der Waals surface area contributed by atoms with Gasteiger partial charge >= 0.3 is 0 Å². The van der Waals surface area contributed by atoms with Crippen LogP contribution in [0.3, 0.4) is 0 Å². The Morgan fingerprint density at radius 1 is 1.20 bits per heavy atom. The van der Waals surface area contributed by atoms with Gasteiger partial charge in [-0.2, -0.15) is 0 Å². The summed E-state index contributed by atoms with van der Waals surface area (Å²) in [5.41, 5.74) is 5.67. The van der Waals surface area contributed by atoms with E-state index in [1.807, 2.05) is 0 Å². The second kappa shape index (κ2) is 4.47. The minimum atomic E-state index is 0.204. The van der Waals surface area contributed by atoms with Gasteiger partial charge in [-0.25, -0.2) is 0 Å². The van der Waals surface area contributed by atoms with Gasteiger partial charge in [0, 0.05) is 17.9 Å². The van der Waals surface area contributed by atoms with Crippen LogP contribution in [0.2, 0.25) is 0 Å². The van der Waals surface area contributed by atoms with E-state index in [4.69, 9.17) is 18.0 Å². The minimum Gasteiger partial charge on any atom is -0.393 e. The second-order valence-electron chi connectivity index (χ2n) is 4.68. The van der Waals surface area contributed by atoms with Gasteiger partial charge in [0.1, 0.15) is 0 Å². The Bertz CT molecular complexity index is 276. The molecule has 0 aromatic rings. The number of thiocarbonyl (C=S) groups is 1. The fourth-order valence-corrected chi connectivity index (χ4v) is 2.73. The third kappa shape index (κ3) is 2.30. The molecule has 0 heterocycles. The van der Waals surface area contributed by atoms with E-state index in [1.165, 1.54) is 6.42 Å². The highest BCUT2D eigenvalue weighted by molar-refractivity contribution is 7.80.